The molecule has 1 N–H and O–H groups in total. The van der Waals surface area contributed by atoms with Gasteiger partial charge in [0.05, 0.1) is 0 Å². The minimum Gasteiger partial charge on any atom is -0.458 e. The molecule has 1 saturated carbocycles. The summed E-state index contributed by atoms with van der Waals surface area (Å²) < 4.78 is 5.54. The average Bonchev–Trinajstić information content (AvgIpc) is 3.57. The molecule has 1 aliphatic carbocycles. The highest BCUT2D eigenvalue weighted by Gasteiger charge is 2.32. The first-order valence-electron chi connectivity index (χ1n) is 11.6. The second kappa shape index (κ2) is 10.4. The molecule has 9 heteroatoms. The van der Waals surface area contributed by atoms with Crippen LogP contribution < -0.4 is 10.2 Å². The zero-order valence-corrected chi connectivity index (χ0v) is 19.1. The summed E-state index contributed by atoms with van der Waals surface area (Å²) in [5.74, 6) is 1.15. The second-order valence-electron chi connectivity index (χ2n) is 8.45. The van der Waals surface area contributed by atoms with Gasteiger partial charge in [-0.3, -0.25) is 14.5 Å². The first-order chi connectivity index (χ1) is 16.0. The van der Waals surface area contributed by atoms with Gasteiger partial charge < -0.3 is 9.73 Å². The largest absolute Gasteiger partial charge is 0.458 e. The Labute approximate surface area is 193 Å². The smallest absolute Gasteiger partial charge is 0.251 e. The number of para-hydroxylation sites is 1. The van der Waals surface area contributed by atoms with Crippen LogP contribution in [0.2, 0.25) is 0 Å². The van der Waals surface area contributed by atoms with E-state index < -0.39 is 6.04 Å². The van der Waals surface area contributed by atoms with Crippen molar-refractivity contribution in [2.45, 2.75) is 71.0 Å². The van der Waals surface area contributed by atoms with Gasteiger partial charge in [0.25, 0.3) is 5.91 Å². The zero-order valence-electron chi connectivity index (χ0n) is 19.1. The van der Waals surface area contributed by atoms with Crippen LogP contribution in [0.5, 0.6) is 0 Å². The van der Waals surface area contributed by atoms with E-state index in [0.717, 1.165) is 37.9 Å². The molecule has 9 nitrogen and oxygen atoms in total. The van der Waals surface area contributed by atoms with E-state index in [0.29, 0.717) is 23.7 Å². The number of furan rings is 1. The van der Waals surface area contributed by atoms with E-state index in [2.05, 4.69) is 20.7 Å². The molecule has 0 unspecified atom stereocenters. The Hall–Kier alpha value is -3.49. The van der Waals surface area contributed by atoms with Gasteiger partial charge in [-0.05, 0) is 55.7 Å². The lowest BCUT2D eigenvalue weighted by Crippen LogP contribution is -2.52. The molecule has 1 aromatic carbocycles. The van der Waals surface area contributed by atoms with Gasteiger partial charge in [0, 0.05) is 11.7 Å². The molecule has 0 spiro atoms. The van der Waals surface area contributed by atoms with E-state index in [1.165, 1.54) is 4.80 Å². The maximum absolute atomic E-state index is 13.5. The van der Waals surface area contributed by atoms with Crippen LogP contribution in [0, 0.1) is 6.92 Å². The van der Waals surface area contributed by atoms with Crippen molar-refractivity contribution in [3.8, 4) is 11.6 Å². The van der Waals surface area contributed by atoms with Crippen molar-refractivity contribution in [2.24, 2.45) is 0 Å². The molecule has 33 heavy (non-hydrogen) atoms. The first kappa shape index (κ1) is 22.7. The lowest BCUT2D eigenvalue weighted by molar-refractivity contribution is -0.127. The molecule has 1 fully saturated rings. The Morgan fingerprint density at radius 2 is 1.94 bits per heavy atom. The summed E-state index contributed by atoms with van der Waals surface area (Å²) in [7, 11) is 0. The predicted molar refractivity (Wildman–Crippen MR) is 123 cm³/mol. The minimum absolute atomic E-state index is 0.112. The highest BCUT2D eigenvalue weighted by molar-refractivity contribution is 6.00. The van der Waals surface area contributed by atoms with Crippen LogP contribution in [0.3, 0.4) is 0 Å². The van der Waals surface area contributed by atoms with Crippen LogP contribution in [0.4, 0.5) is 5.69 Å². The number of nitrogens with one attached hydrogen (secondary N) is 1. The maximum Gasteiger partial charge on any atom is 0.251 e. The van der Waals surface area contributed by atoms with Crippen molar-refractivity contribution >= 4 is 17.5 Å². The Balaban J connectivity index is 1.57. The third kappa shape index (κ3) is 5.47. The van der Waals surface area contributed by atoms with Gasteiger partial charge in [-0.15, -0.1) is 10.2 Å². The van der Waals surface area contributed by atoms with Gasteiger partial charge in [-0.25, -0.2) is 0 Å². The van der Waals surface area contributed by atoms with Crippen molar-refractivity contribution in [1.82, 2.24) is 25.5 Å². The molecular weight excluding hydrogens is 420 g/mol. The second-order valence-corrected chi connectivity index (χ2v) is 8.45. The lowest BCUT2D eigenvalue weighted by atomic mass is 10.1. The van der Waals surface area contributed by atoms with Crippen molar-refractivity contribution in [1.29, 1.82) is 0 Å². The minimum atomic E-state index is -0.610. The zero-order chi connectivity index (χ0) is 23.2. The molecule has 1 atom stereocenters. The predicted octanol–water partition coefficient (Wildman–Crippen LogP) is 3.50. The third-order valence-corrected chi connectivity index (χ3v) is 5.87. The topological polar surface area (TPSA) is 106 Å². The van der Waals surface area contributed by atoms with Gasteiger partial charge in [0.15, 0.2) is 5.76 Å². The number of carbonyl (C=O) groups is 2. The molecule has 0 aliphatic heterocycles. The number of aryl methyl sites for hydroxylation is 1. The highest BCUT2D eigenvalue weighted by atomic mass is 16.3. The number of nitrogens with zero attached hydrogens (tertiary/aromatic N) is 5. The summed E-state index contributed by atoms with van der Waals surface area (Å²) in [6.07, 6.45) is 5.55. The fourth-order valence-corrected chi connectivity index (χ4v) is 4.27. The number of carbonyl (C=O) groups excluding carboxylic acids is 2. The van der Waals surface area contributed by atoms with Crippen LogP contribution in [0.15, 0.2) is 46.9 Å². The molecular formula is C24H30N6O3. The van der Waals surface area contributed by atoms with Crippen LogP contribution in [0.1, 0.15) is 51.2 Å². The summed E-state index contributed by atoms with van der Waals surface area (Å²) in [4.78, 5) is 29.6. The van der Waals surface area contributed by atoms with E-state index in [1.807, 2.05) is 50.2 Å². The Morgan fingerprint density at radius 3 is 2.61 bits per heavy atom. The van der Waals surface area contributed by atoms with Crippen LogP contribution in [-0.4, -0.2) is 44.1 Å². The van der Waals surface area contributed by atoms with Crippen molar-refractivity contribution < 1.29 is 14.0 Å². The molecule has 2 heterocycles. The summed E-state index contributed by atoms with van der Waals surface area (Å²) in [6.45, 7) is 3.71. The number of anilines is 1. The lowest BCUT2D eigenvalue weighted by Gasteiger charge is -2.31. The van der Waals surface area contributed by atoms with E-state index in [4.69, 9.17) is 4.42 Å². The van der Waals surface area contributed by atoms with Crippen molar-refractivity contribution in [2.75, 3.05) is 4.90 Å². The third-order valence-electron chi connectivity index (χ3n) is 5.87. The fourth-order valence-electron chi connectivity index (χ4n) is 4.27. The van der Waals surface area contributed by atoms with Gasteiger partial charge in [0.1, 0.15) is 18.3 Å². The Morgan fingerprint density at radius 1 is 1.18 bits per heavy atom. The molecule has 4 rings (SSSR count). The van der Waals surface area contributed by atoms with Crippen LogP contribution in [-0.2, 0) is 16.1 Å². The molecule has 1 aliphatic rings. The fraction of sp³-hybridized carbons (Fsp3) is 0.458. The van der Waals surface area contributed by atoms with E-state index in [9.17, 15) is 9.59 Å². The summed E-state index contributed by atoms with van der Waals surface area (Å²) in [5.41, 5.74) is 0.671. The van der Waals surface area contributed by atoms with Gasteiger partial charge in [-0.2, -0.15) is 4.80 Å². The quantitative estimate of drug-likeness (QED) is 0.535. The molecule has 174 valence electrons. The van der Waals surface area contributed by atoms with Crippen molar-refractivity contribution in [3.63, 3.8) is 0 Å². The van der Waals surface area contributed by atoms with Crippen LogP contribution >= 0.6 is 0 Å². The molecule has 2 aromatic heterocycles. The number of hydrogen-bond acceptors (Lipinski definition) is 6. The summed E-state index contributed by atoms with van der Waals surface area (Å²) >= 11 is 0. The molecule has 2 amide bonds. The summed E-state index contributed by atoms with van der Waals surface area (Å²) in [6, 6.07) is 12.4. The number of aromatic nitrogens is 4. The summed E-state index contributed by atoms with van der Waals surface area (Å²) in [5, 5.41) is 15.5. The normalized spacial score (nSPS) is 14.8. The number of hydrogen-bond donors (Lipinski definition) is 1. The van der Waals surface area contributed by atoms with Gasteiger partial charge in [-0.1, -0.05) is 44.4 Å². The molecule has 0 saturated heterocycles. The number of rotatable bonds is 9. The van der Waals surface area contributed by atoms with E-state index in [1.54, 1.807) is 11.0 Å². The van der Waals surface area contributed by atoms with Crippen molar-refractivity contribution in [3.05, 3.63) is 48.2 Å². The van der Waals surface area contributed by atoms with Gasteiger partial charge >= 0.3 is 0 Å². The Kier molecular flexibility index (Phi) is 7.16. The maximum atomic E-state index is 13.5. The van der Waals surface area contributed by atoms with Crippen LogP contribution in [0.25, 0.3) is 11.6 Å². The monoisotopic (exact) mass is 450 g/mol. The first-order valence-corrected chi connectivity index (χ1v) is 11.6. The highest BCUT2D eigenvalue weighted by Crippen LogP contribution is 2.23. The van der Waals surface area contributed by atoms with E-state index >= 15 is 0 Å². The van der Waals surface area contributed by atoms with E-state index in [-0.39, 0.29) is 24.4 Å². The number of amides is 2. The SMILES string of the molecule is CCC[C@H](C(=O)NC1CCCC1)N(C(=O)Cn1nnc(-c2ccc(C)o2)n1)c1ccccc1. The molecule has 0 bridgehead atoms. The molecule has 0 radical (unpaired) electrons. The molecule has 3 aromatic rings. The number of benzene rings is 1. The van der Waals surface area contributed by atoms with Gasteiger partial charge in [0.2, 0.25) is 11.7 Å². The standard InChI is InChI=1S/C24H30N6O3/c1-3-9-20(24(32)25-18-10-7-8-11-18)30(19-12-5-4-6-13-19)22(31)16-29-27-23(26-28-29)21-15-14-17(2)33-21/h4-6,12-15,18,20H,3,7-11,16H2,1-2H3,(H,25,32)/t20-/m1/s1. The average molecular weight is 451 g/mol. The number of tetrazole rings is 1. The Bertz CT molecular complexity index is 1070.